The smallest absolute Gasteiger partial charge is 0.260 e. The Morgan fingerprint density at radius 3 is 2.71 bits per heavy atom. The molecule has 0 saturated heterocycles. The number of aryl methyl sites for hydroxylation is 1. The first-order valence-corrected chi connectivity index (χ1v) is 10.9. The van der Waals surface area contributed by atoms with E-state index >= 15 is 0 Å². The zero-order chi connectivity index (χ0) is 21.8. The molecular weight excluding hydrogens is 390 g/mol. The maximum Gasteiger partial charge on any atom is 0.260 e. The highest BCUT2D eigenvalue weighted by atomic mass is 16.2. The largest absolute Gasteiger partial charge is 0.325 e. The van der Waals surface area contributed by atoms with Crippen LogP contribution in [0.2, 0.25) is 0 Å². The van der Waals surface area contributed by atoms with Gasteiger partial charge in [-0.2, -0.15) is 0 Å². The third-order valence-corrected chi connectivity index (χ3v) is 6.44. The van der Waals surface area contributed by atoms with Gasteiger partial charge in [0.15, 0.2) is 5.82 Å². The molecule has 2 aliphatic rings. The van der Waals surface area contributed by atoms with Gasteiger partial charge in [-0.05, 0) is 44.4 Å². The molecule has 1 saturated carbocycles. The highest BCUT2D eigenvalue weighted by Crippen LogP contribution is 2.47. The Morgan fingerprint density at radius 1 is 1.19 bits per heavy atom. The number of nitrogens with zero attached hydrogens (tertiary/aromatic N) is 6. The van der Waals surface area contributed by atoms with Crippen LogP contribution in [0.5, 0.6) is 0 Å². The average Bonchev–Trinajstić information content (AvgIpc) is 3.30. The van der Waals surface area contributed by atoms with Crippen molar-refractivity contribution in [3.63, 3.8) is 0 Å². The number of pyridine rings is 2. The number of aromatic nitrogens is 5. The van der Waals surface area contributed by atoms with Crippen LogP contribution >= 0.6 is 0 Å². The second-order valence-electron chi connectivity index (χ2n) is 8.74. The van der Waals surface area contributed by atoms with E-state index < -0.39 is 0 Å². The SMILES string of the molecule is CCCn1c(C)nnc1-c1cccc(N2Cc3c(cc(C4(C)CC4)nc3CN)C2=O)n1. The van der Waals surface area contributed by atoms with E-state index in [0.29, 0.717) is 30.2 Å². The molecule has 0 spiro atoms. The molecule has 160 valence electrons. The van der Waals surface area contributed by atoms with Crippen molar-refractivity contribution in [3.8, 4) is 11.5 Å². The van der Waals surface area contributed by atoms with Crippen LogP contribution in [0.4, 0.5) is 5.82 Å². The zero-order valence-corrected chi connectivity index (χ0v) is 18.2. The molecule has 2 N–H and O–H groups in total. The number of anilines is 1. The van der Waals surface area contributed by atoms with Crippen LogP contribution in [-0.2, 0) is 25.0 Å². The Balaban J connectivity index is 1.52. The maximum atomic E-state index is 13.4. The van der Waals surface area contributed by atoms with Crippen LogP contribution in [0, 0.1) is 6.92 Å². The molecule has 5 rings (SSSR count). The summed E-state index contributed by atoms with van der Waals surface area (Å²) in [7, 11) is 0. The molecule has 8 nitrogen and oxygen atoms in total. The number of rotatable bonds is 6. The fourth-order valence-electron chi connectivity index (χ4n) is 4.23. The van der Waals surface area contributed by atoms with Gasteiger partial charge in [0, 0.05) is 35.3 Å². The van der Waals surface area contributed by atoms with Crippen molar-refractivity contribution in [3.05, 3.63) is 52.6 Å². The lowest BCUT2D eigenvalue weighted by Gasteiger charge is -2.15. The van der Waals surface area contributed by atoms with Crippen molar-refractivity contribution >= 4 is 11.7 Å². The van der Waals surface area contributed by atoms with Gasteiger partial charge < -0.3 is 10.3 Å². The summed E-state index contributed by atoms with van der Waals surface area (Å²) >= 11 is 0. The third-order valence-electron chi connectivity index (χ3n) is 6.44. The Morgan fingerprint density at radius 2 is 2.00 bits per heavy atom. The Bertz CT molecular complexity index is 1180. The van der Waals surface area contributed by atoms with Crippen LogP contribution in [0.15, 0.2) is 24.3 Å². The van der Waals surface area contributed by atoms with Crippen LogP contribution < -0.4 is 10.6 Å². The summed E-state index contributed by atoms with van der Waals surface area (Å²) in [6.45, 7) is 7.82. The summed E-state index contributed by atoms with van der Waals surface area (Å²) in [6.07, 6.45) is 3.17. The lowest BCUT2D eigenvalue weighted by atomic mass is 9.99. The first-order valence-electron chi connectivity index (χ1n) is 10.9. The first kappa shape index (κ1) is 19.8. The van der Waals surface area contributed by atoms with E-state index in [1.54, 1.807) is 4.90 Å². The maximum absolute atomic E-state index is 13.4. The number of amides is 1. The number of hydrogen-bond donors (Lipinski definition) is 1. The summed E-state index contributed by atoms with van der Waals surface area (Å²) in [6, 6.07) is 7.65. The Hall–Kier alpha value is -3.13. The van der Waals surface area contributed by atoms with Gasteiger partial charge in [0.2, 0.25) is 0 Å². The molecule has 0 aromatic carbocycles. The number of carbonyl (C=O) groups is 1. The molecular formula is C23H27N7O. The van der Waals surface area contributed by atoms with E-state index in [9.17, 15) is 4.79 Å². The van der Waals surface area contributed by atoms with Gasteiger partial charge in [0.1, 0.15) is 17.3 Å². The lowest BCUT2D eigenvalue weighted by molar-refractivity contribution is 0.0996. The number of hydrogen-bond acceptors (Lipinski definition) is 6. The van der Waals surface area contributed by atoms with Gasteiger partial charge in [0.05, 0.1) is 12.2 Å². The standard InChI is InChI=1S/C23H27N7O/c1-4-10-29-14(2)27-28-21(29)17-6-5-7-20(26-17)30-13-16-15(22(30)31)11-19(23(3)8-9-23)25-18(16)12-24/h5-7,11H,4,8-10,12-13,24H2,1-3H3. The molecule has 0 bridgehead atoms. The summed E-state index contributed by atoms with van der Waals surface area (Å²) in [5.41, 5.74) is 10.2. The molecule has 1 aliphatic carbocycles. The predicted octanol–water partition coefficient (Wildman–Crippen LogP) is 3.12. The summed E-state index contributed by atoms with van der Waals surface area (Å²) in [4.78, 5) is 24.7. The monoisotopic (exact) mass is 417 g/mol. The van der Waals surface area contributed by atoms with Gasteiger partial charge >= 0.3 is 0 Å². The fraction of sp³-hybridized carbons (Fsp3) is 0.435. The highest BCUT2D eigenvalue weighted by Gasteiger charge is 2.43. The molecule has 4 heterocycles. The van der Waals surface area contributed by atoms with E-state index in [2.05, 4.69) is 28.6 Å². The van der Waals surface area contributed by atoms with Crippen LogP contribution in [-0.4, -0.2) is 30.6 Å². The molecule has 0 unspecified atom stereocenters. The molecule has 0 atom stereocenters. The van der Waals surface area contributed by atoms with Crippen molar-refractivity contribution in [2.45, 2.75) is 65.1 Å². The second-order valence-corrected chi connectivity index (χ2v) is 8.74. The number of carbonyl (C=O) groups excluding carboxylic acids is 1. The zero-order valence-electron chi connectivity index (χ0n) is 18.2. The lowest BCUT2D eigenvalue weighted by Crippen LogP contribution is -2.24. The minimum absolute atomic E-state index is 0.0477. The Kier molecular flexibility index (Phi) is 4.62. The molecule has 1 aliphatic heterocycles. The summed E-state index contributed by atoms with van der Waals surface area (Å²) < 4.78 is 2.06. The Labute approximate surface area is 181 Å². The normalized spacial score (nSPS) is 16.6. The highest BCUT2D eigenvalue weighted by molar-refractivity contribution is 6.09. The number of nitrogens with two attached hydrogens (primary N) is 1. The third kappa shape index (κ3) is 3.22. The molecule has 1 amide bonds. The summed E-state index contributed by atoms with van der Waals surface area (Å²) in [5.74, 6) is 2.13. The van der Waals surface area contributed by atoms with Crippen LogP contribution in [0.1, 0.15) is 66.2 Å². The first-order chi connectivity index (χ1) is 14.9. The second kappa shape index (κ2) is 7.23. The van der Waals surface area contributed by atoms with Gasteiger partial charge in [-0.25, -0.2) is 4.98 Å². The topological polar surface area (TPSA) is 103 Å². The summed E-state index contributed by atoms with van der Waals surface area (Å²) in [5, 5.41) is 8.54. The van der Waals surface area contributed by atoms with Crippen LogP contribution in [0.3, 0.4) is 0 Å². The van der Waals surface area contributed by atoms with Crippen molar-refractivity contribution < 1.29 is 4.79 Å². The van der Waals surface area contributed by atoms with E-state index in [1.165, 1.54) is 0 Å². The van der Waals surface area contributed by atoms with E-state index in [4.69, 9.17) is 15.7 Å². The van der Waals surface area contributed by atoms with Crippen molar-refractivity contribution in [2.24, 2.45) is 5.73 Å². The minimum Gasteiger partial charge on any atom is -0.325 e. The molecule has 31 heavy (non-hydrogen) atoms. The fourth-order valence-corrected chi connectivity index (χ4v) is 4.23. The van der Waals surface area contributed by atoms with Crippen LogP contribution in [0.25, 0.3) is 11.5 Å². The van der Waals surface area contributed by atoms with Gasteiger partial charge in [0.25, 0.3) is 5.91 Å². The van der Waals surface area contributed by atoms with Gasteiger partial charge in [-0.3, -0.25) is 14.7 Å². The van der Waals surface area contributed by atoms with Gasteiger partial charge in [-0.15, -0.1) is 10.2 Å². The predicted molar refractivity (Wildman–Crippen MR) is 118 cm³/mol. The van der Waals surface area contributed by atoms with E-state index in [1.807, 2.05) is 31.2 Å². The van der Waals surface area contributed by atoms with E-state index in [-0.39, 0.29) is 11.3 Å². The van der Waals surface area contributed by atoms with Gasteiger partial charge in [-0.1, -0.05) is 19.9 Å². The van der Waals surface area contributed by atoms with E-state index in [0.717, 1.165) is 54.4 Å². The van der Waals surface area contributed by atoms with Crippen molar-refractivity contribution in [2.75, 3.05) is 4.90 Å². The molecule has 0 radical (unpaired) electrons. The minimum atomic E-state index is -0.0477. The average molecular weight is 418 g/mol. The molecule has 1 fully saturated rings. The molecule has 3 aromatic rings. The molecule has 8 heteroatoms. The molecule has 3 aromatic heterocycles. The van der Waals surface area contributed by atoms with Crippen molar-refractivity contribution in [1.29, 1.82) is 0 Å². The quantitative estimate of drug-likeness (QED) is 0.661. The van der Waals surface area contributed by atoms with Crippen molar-refractivity contribution in [1.82, 2.24) is 24.7 Å². The number of fused-ring (bicyclic) bond motifs is 1.